The summed E-state index contributed by atoms with van der Waals surface area (Å²) >= 11 is 0. The highest BCUT2D eigenvalue weighted by atomic mass is 16.5. The fraction of sp³-hybridized carbons (Fsp3) is 0.133. The molecule has 0 amide bonds. The minimum absolute atomic E-state index is 0.116. The molecule has 2 rings (SSSR count). The van der Waals surface area contributed by atoms with Crippen LogP contribution in [0.25, 0.3) is 0 Å². The van der Waals surface area contributed by atoms with Crippen LogP contribution in [0.3, 0.4) is 0 Å². The van der Waals surface area contributed by atoms with Crippen LogP contribution in [0.4, 0.5) is 0 Å². The van der Waals surface area contributed by atoms with Crippen LogP contribution in [0.5, 0.6) is 0 Å². The molecule has 19 heavy (non-hydrogen) atoms. The second-order valence-electron chi connectivity index (χ2n) is 4.40. The van der Waals surface area contributed by atoms with Crippen LogP contribution in [-0.2, 0) is 9.45 Å². The molecule has 0 aliphatic carbocycles. The molecule has 0 aliphatic rings. The van der Waals surface area contributed by atoms with E-state index >= 15 is 0 Å². The van der Waals surface area contributed by atoms with Gasteiger partial charge in [-0.15, -0.1) is 0 Å². The molecule has 0 saturated heterocycles. The summed E-state index contributed by atoms with van der Waals surface area (Å²) in [6, 6.07) is 17.6. The van der Waals surface area contributed by atoms with Crippen LogP contribution in [0, 0.1) is 6.92 Å². The van der Waals surface area contributed by atoms with Crippen molar-refractivity contribution in [2.75, 3.05) is 6.54 Å². The van der Waals surface area contributed by atoms with Crippen LogP contribution in [-0.4, -0.2) is 19.4 Å². The molecule has 96 valence electrons. The third-order valence-corrected chi connectivity index (χ3v) is 2.90. The summed E-state index contributed by atoms with van der Waals surface area (Å²) in [6.45, 7) is 1.50. The van der Waals surface area contributed by atoms with E-state index in [2.05, 4.69) is 0 Å². The molecule has 4 heteroatoms. The van der Waals surface area contributed by atoms with E-state index in [9.17, 15) is 4.79 Å². The average molecular weight is 253 g/mol. The fourth-order valence-electron chi connectivity index (χ4n) is 1.88. The molecule has 0 aliphatic heterocycles. The van der Waals surface area contributed by atoms with Crippen molar-refractivity contribution < 1.29 is 9.45 Å². The van der Waals surface area contributed by atoms with Gasteiger partial charge in [0, 0.05) is 0 Å². The van der Waals surface area contributed by atoms with Crippen molar-refractivity contribution in [1.29, 1.82) is 0 Å². The zero-order valence-corrected chi connectivity index (χ0v) is 10.9. The first-order chi connectivity index (χ1) is 9.20. The van der Waals surface area contributed by atoms with Gasteiger partial charge in [0.15, 0.2) is 0 Å². The van der Waals surface area contributed by atoms with E-state index in [1.807, 2.05) is 61.5 Å². The normalized spacial score (nSPS) is 10.0. The molecule has 2 aromatic carbocycles. The Hall–Kier alpha value is -2.07. The number of hydrogen-bond acceptors (Lipinski definition) is 3. The Morgan fingerprint density at radius 1 is 1.05 bits per heavy atom. The molecule has 0 radical (unpaired) electrons. The minimum atomic E-state index is -0.408. The zero-order valence-electron chi connectivity index (χ0n) is 10.9. The highest BCUT2D eigenvalue weighted by Gasteiger charge is 2.24. The lowest BCUT2D eigenvalue weighted by Crippen LogP contribution is -2.47. The molecule has 0 saturated carbocycles. The monoisotopic (exact) mass is 253 g/mol. The Balaban J connectivity index is 2.34. The van der Waals surface area contributed by atoms with E-state index in [0.29, 0.717) is 0 Å². The molecular weight excluding hydrogens is 237 g/mol. The predicted molar refractivity (Wildman–Crippen MR) is 77.8 cm³/mol. The molecule has 3 nitrogen and oxygen atoms in total. The third kappa shape index (κ3) is 3.45. The second kappa shape index (κ2) is 6.20. The fourth-order valence-corrected chi connectivity index (χ4v) is 1.88. The summed E-state index contributed by atoms with van der Waals surface area (Å²) in [4.78, 5) is 11.5. The number of carbonyl (C=O) groups is 1. The van der Waals surface area contributed by atoms with Gasteiger partial charge in [-0.25, -0.2) is 0 Å². The minimum Gasteiger partial charge on any atom is -0.525 e. The van der Waals surface area contributed by atoms with Crippen LogP contribution >= 0.6 is 0 Å². The van der Waals surface area contributed by atoms with Gasteiger partial charge in [-0.1, -0.05) is 60.2 Å². The van der Waals surface area contributed by atoms with Gasteiger partial charge in [0.25, 0.3) is 0 Å². The standard InChI is InChI=1S/C15H16BNO2/c1-12-7-9-14(10-8-12)16(19-15(18)11-17)13-5-3-2-4-6-13/h2-10H,11,17H2,1H3. The van der Waals surface area contributed by atoms with Gasteiger partial charge in [0.1, 0.15) is 0 Å². The maximum Gasteiger partial charge on any atom is 0.429 e. The van der Waals surface area contributed by atoms with E-state index in [1.165, 1.54) is 5.56 Å². The van der Waals surface area contributed by atoms with Gasteiger partial charge in [0.2, 0.25) is 0 Å². The molecule has 0 heterocycles. The van der Waals surface area contributed by atoms with Gasteiger partial charge >= 0.3 is 12.9 Å². The van der Waals surface area contributed by atoms with Crippen molar-refractivity contribution in [2.24, 2.45) is 5.73 Å². The lowest BCUT2D eigenvalue weighted by atomic mass is 9.55. The van der Waals surface area contributed by atoms with Crippen LogP contribution in [0.2, 0.25) is 0 Å². The van der Waals surface area contributed by atoms with Gasteiger partial charge < -0.3 is 10.4 Å². The summed E-state index contributed by atoms with van der Waals surface area (Å²) in [5.74, 6) is -0.408. The molecular formula is C15H16BNO2. The van der Waals surface area contributed by atoms with E-state index < -0.39 is 12.9 Å². The van der Waals surface area contributed by atoms with E-state index in [1.54, 1.807) is 0 Å². The van der Waals surface area contributed by atoms with E-state index in [0.717, 1.165) is 10.9 Å². The highest BCUT2D eigenvalue weighted by Crippen LogP contribution is 1.98. The van der Waals surface area contributed by atoms with Crippen molar-refractivity contribution in [3.05, 3.63) is 60.2 Å². The number of carbonyl (C=O) groups excluding carboxylic acids is 1. The Morgan fingerprint density at radius 2 is 1.63 bits per heavy atom. The molecule has 0 unspecified atom stereocenters. The first-order valence-corrected chi connectivity index (χ1v) is 6.22. The van der Waals surface area contributed by atoms with Crippen LogP contribution in [0.1, 0.15) is 5.56 Å². The Morgan fingerprint density at radius 3 is 2.21 bits per heavy atom. The number of aryl methyl sites for hydroxylation is 1. The number of nitrogens with two attached hydrogens (primary N) is 1. The predicted octanol–water partition coefficient (Wildman–Crippen LogP) is 0.603. The molecule has 0 fully saturated rings. The van der Waals surface area contributed by atoms with E-state index in [4.69, 9.17) is 10.4 Å². The largest absolute Gasteiger partial charge is 0.525 e. The summed E-state index contributed by atoms with van der Waals surface area (Å²) in [5.41, 5.74) is 8.37. The van der Waals surface area contributed by atoms with Crippen molar-refractivity contribution in [1.82, 2.24) is 0 Å². The lowest BCUT2D eigenvalue weighted by Gasteiger charge is -2.14. The molecule has 0 bridgehead atoms. The number of benzene rings is 2. The van der Waals surface area contributed by atoms with Gasteiger partial charge in [-0.05, 0) is 17.8 Å². The number of hydrogen-bond donors (Lipinski definition) is 1. The van der Waals surface area contributed by atoms with Crippen molar-refractivity contribution in [3.8, 4) is 0 Å². The maximum atomic E-state index is 11.5. The van der Waals surface area contributed by atoms with E-state index in [-0.39, 0.29) is 6.54 Å². The first-order valence-electron chi connectivity index (χ1n) is 6.22. The SMILES string of the molecule is Cc1ccc(B(OC(=O)CN)c2ccccc2)cc1. The van der Waals surface area contributed by atoms with Gasteiger partial charge in [-0.2, -0.15) is 0 Å². The molecule has 2 aromatic rings. The Bertz CT molecular complexity index is 540. The maximum absolute atomic E-state index is 11.5. The molecule has 0 aromatic heterocycles. The Labute approximate surface area is 113 Å². The van der Waals surface area contributed by atoms with Crippen LogP contribution < -0.4 is 16.7 Å². The number of rotatable bonds is 4. The van der Waals surface area contributed by atoms with Crippen LogP contribution in [0.15, 0.2) is 54.6 Å². The van der Waals surface area contributed by atoms with Crippen molar-refractivity contribution >= 4 is 23.8 Å². The lowest BCUT2D eigenvalue weighted by molar-refractivity contribution is -0.132. The molecule has 0 atom stereocenters. The topological polar surface area (TPSA) is 52.3 Å². The highest BCUT2D eigenvalue weighted by molar-refractivity contribution is 6.81. The third-order valence-electron chi connectivity index (χ3n) is 2.90. The summed E-state index contributed by atoms with van der Waals surface area (Å²) in [5, 5.41) is 0. The van der Waals surface area contributed by atoms with Crippen molar-refractivity contribution in [3.63, 3.8) is 0 Å². The smallest absolute Gasteiger partial charge is 0.429 e. The van der Waals surface area contributed by atoms with Gasteiger partial charge in [-0.3, -0.25) is 4.79 Å². The molecule has 2 N–H and O–H groups in total. The Kier molecular flexibility index (Phi) is 4.37. The first kappa shape index (κ1) is 13.4. The zero-order chi connectivity index (χ0) is 13.7. The second-order valence-corrected chi connectivity index (χ2v) is 4.40. The summed E-state index contributed by atoms with van der Waals surface area (Å²) in [7, 11) is 0. The van der Waals surface area contributed by atoms with Crippen molar-refractivity contribution in [2.45, 2.75) is 6.92 Å². The summed E-state index contributed by atoms with van der Waals surface area (Å²) in [6.07, 6.45) is 0. The van der Waals surface area contributed by atoms with Gasteiger partial charge in [0.05, 0.1) is 6.54 Å². The average Bonchev–Trinajstić information content (AvgIpc) is 2.46. The molecule has 0 spiro atoms. The quantitative estimate of drug-likeness (QED) is 0.812. The summed E-state index contributed by atoms with van der Waals surface area (Å²) < 4.78 is 5.45.